The Morgan fingerprint density at radius 3 is 2.52 bits per heavy atom. The largest absolute Gasteiger partial charge is 0.478 e. The summed E-state index contributed by atoms with van der Waals surface area (Å²) in [5.74, 6) is 0.644. The van der Waals surface area contributed by atoms with Crippen molar-refractivity contribution in [2.75, 3.05) is 17.7 Å². The van der Waals surface area contributed by atoms with Crippen LogP contribution in [0.5, 0.6) is 5.75 Å². The van der Waals surface area contributed by atoms with Crippen LogP contribution in [0.15, 0.2) is 48.5 Å². The van der Waals surface area contributed by atoms with Crippen molar-refractivity contribution < 1.29 is 9.53 Å². The van der Waals surface area contributed by atoms with Gasteiger partial charge in [0.15, 0.2) is 11.9 Å². The van der Waals surface area contributed by atoms with Gasteiger partial charge in [0.05, 0.1) is 5.69 Å². The molecule has 1 fully saturated rings. The van der Waals surface area contributed by atoms with Crippen LogP contribution < -0.4 is 15.4 Å². The van der Waals surface area contributed by atoms with Crippen molar-refractivity contribution in [3.63, 3.8) is 0 Å². The van der Waals surface area contributed by atoms with Crippen molar-refractivity contribution in [3.05, 3.63) is 48.5 Å². The Morgan fingerprint density at radius 2 is 1.90 bits per heavy atom. The lowest BCUT2D eigenvalue weighted by atomic mass is 10.2. The van der Waals surface area contributed by atoms with Crippen LogP contribution in [-0.2, 0) is 4.79 Å². The molecule has 1 aliphatic carbocycles. The molecule has 0 spiro atoms. The Bertz CT molecular complexity index is 651. The molecule has 0 aromatic heterocycles. The van der Waals surface area contributed by atoms with Gasteiger partial charge in [-0.15, -0.1) is 0 Å². The SMILES string of the molecule is CN(c1ccccc1)c1ccc(N)cc1OC1(C=O)CC1. The van der Waals surface area contributed by atoms with Crippen molar-refractivity contribution in [2.24, 2.45) is 0 Å². The Balaban J connectivity index is 1.96. The molecule has 0 aliphatic heterocycles. The van der Waals surface area contributed by atoms with E-state index in [0.717, 1.165) is 30.5 Å². The van der Waals surface area contributed by atoms with Crippen molar-refractivity contribution in [1.82, 2.24) is 0 Å². The molecule has 0 heterocycles. The molecule has 0 radical (unpaired) electrons. The molecule has 4 nitrogen and oxygen atoms in total. The second-order valence-electron chi connectivity index (χ2n) is 5.41. The van der Waals surface area contributed by atoms with Gasteiger partial charge in [-0.1, -0.05) is 18.2 Å². The minimum Gasteiger partial charge on any atom is -0.478 e. The maximum atomic E-state index is 11.2. The number of nitrogens with two attached hydrogens (primary N) is 1. The zero-order chi connectivity index (χ0) is 14.9. The lowest BCUT2D eigenvalue weighted by molar-refractivity contribution is -0.115. The highest BCUT2D eigenvalue weighted by atomic mass is 16.5. The first-order chi connectivity index (χ1) is 10.1. The Labute approximate surface area is 124 Å². The maximum absolute atomic E-state index is 11.2. The molecule has 108 valence electrons. The number of nitrogen functional groups attached to an aromatic ring is 1. The minimum absolute atomic E-state index is 0.622. The quantitative estimate of drug-likeness (QED) is 0.676. The molecular formula is C17H18N2O2. The van der Waals surface area contributed by atoms with E-state index in [-0.39, 0.29) is 0 Å². The van der Waals surface area contributed by atoms with E-state index < -0.39 is 5.60 Å². The normalized spacial score (nSPS) is 15.3. The van der Waals surface area contributed by atoms with Crippen LogP contribution in [0.4, 0.5) is 17.1 Å². The maximum Gasteiger partial charge on any atom is 0.164 e. The fourth-order valence-corrected chi connectivity index (χ4v) is 2.27. The number of anilines is 3. The van der Waals surface area contributed by atoms with Crippen LogP contribution in [0.25, 0.3) is 0 Å². The summed E-state index contributed by atoms with van der Waals surface area (Å²) in [7, 11) is 1.97. The molecule has 0 amide bonds. The Hall–Kier alpha value is -2.49. The first-order valence-corrected chi connectivity index (χ1v) is 6.97. The summed E-state index contributed by atoms with van der Waals surface area (Å²) in [4.78, 5) is 13.2. The van der Waals surface area contributed by atoms with Crippen LogP contribution in [0.2, 0.25) is 0 Å². The molecule has 4 heteroatoms. The van der Waals surface area contributed by atoms with Crippen molar-refractivity contribution in [3.8, 4) is 5.75 Å². The van der Waals surface area contributed by atoms with E-state index in [1.807, 2.05) is 54.4 Å². The van der Waals surface area contributed by atoms with Gasteiger partial charge in [0, 0.05) is 24.5 Å². The lowest BCUT2D eigenvalue weighted by Crippen LogP contribution is -2.21. The summed E-state index contributed by atoms with van der Waals surface area (Å²) in [6.45, 7) is 0. The molecule has 21 heavy (non-hydrogen) atoms. The van der Waals surface area contributed by atoms with Crippen LogP contribution in [0.1, 0.15) is 12.8 Å². The summed E-state index contributed by atoms with van der Waals surface area (Å²) < 4.78 is 5.93. The van der Waals surface area contributed by atoms with Crippen LogP contribution in [0, 0.1) is 0 Å². The number of rotatable bonds is 5. The van der Waals surface area contributed by atoms with Gasteiger partial charge in [0.2, 0.25) is 0 Å². The summed E-state index contributed by atoms with van der Waals surface area (Å²) in [6.07, 6.45) is 2.42. The molecule has 2 aromatic carbocycles. The van der Waals surface area contributed by atoms with Gasteiger partial charge >= 0.3 is 0 Å². The first kappa shape index (κ1) is 13.5. The van der Waals surface area contributed by atoms with E-state index in [9.17, 15) is 4.79 Å². The third kappa shape index (κ3) is 2.70. The molecule has 0 atom stereocenters. The van der Waals surface area contributed by atoms with Crippen LogP contribution in [0.3, 0.4) is 0 Å². The summed E-state index contributed by atoms with van der Waals surface area (Å²) in [5, 5.41) is 0. The monoisotopic (exact) mass is 282 g/mol. The van der Waals surface area contributed by atoms with Gasteiger partial charge in [-0.3, -0.25) is 4.79 Å². The average Bonchev–Trinajstić information content (AvgIpc) is 3.28. The van der Waals surface area contributed by atoms with Gasteiger partial charge in [0.1, 0.15) is 5.75 Å². The third-order valence-corrected chi connectivity index (χ3v) is 3.76. The highest BCUT2D eigenvalue weighted by molar-refractivity contribution is 5.74. The number of nitrogens with zero attached hydrogens (tertiary/aromatic N) is 1. The highest BCUT2D eigenvalue weighted by Crippen LogP contribution is 2.43. The van der Waals surface area contributed by atoms with E-state index in [1.165, 1.54) is 0 Å². The van der Waals surface area contributed by atoms with Crippen LogP contribution >= 0.6 is 0 Å². The lowest BCUT2D eigenvalue weighted by Gasteiger charge is -2.24. The summed E-state index contributed by atoms with van der Waals surface area (Å²) in [6, 6.07) is 15.5. The van der Waals surface area contributed by atoms with Gasteiger partial charge in [-0.25, -0.2) is 0 Å². The number of hydrogen-bond acceptors (Lipinski definition) is 4. The van der Waals surface area contributed by atoms with E-state index in [4.69, 9.17) is 10.5 Å². The van der Waals surface area contributed by atoms with Gasteiger partial charge in [-0.2, -0.15) is 0 Å². The average molecular weight is 282 g/mol. The molecule has 2 aromatic rings. The predicted octanol–water partition coefficient (Wildman–Crippen LogP) is 3.15. The number of aldehydes is 1. The van der Waals surface area contributed by atoms with Gasteiger partial charge in [0.25, 0.3) is 0 Å². The second kappa shape index (κ2) is 5.13. The summed E-state index contributed by atoms with van der Waals surface area (Å²) >= 11 is 0. The first-order valence-electron chi connectivity index (χ1n) is 6.97. The Morgan fingerprint density at radius 1 is 1.19 bits per heavy atom. The van der Waals surface area contributed by atoms with E-state index >= 15 is 0 Å². The third-order valence-electron chi connectivity index (χ3n) is 3.76. The molecule has 0 saturated heterocycles. The predicted molar refractivity (Wildman–Crippen MR) is 84.0 cm³/mol. The molecule has 2 N–H and O–H groups in total. The molecule has 1 aliphatic rings. The highest BCUT2D eigenvalue weighted by Gasteiger charge is 2.46. The number of hydrogen-bond donors (Lipinski definition) is 1. The van der Waals surface area contributed by atoms with Gasteiger partial charge in [-0.05, 0) is 37.1 Å². The second-order valence-corrected chi connectivity index (χ2v) is 5.41. The van der Waals surface area contributed by atoms with E-state index in [1.54, 1.807) is 6.07 Å². The van der Waals surface area contributed by atoms with E-state index in [2.05, 4.69) is 0 Å². The van der Waals surface area contributed by atoms with Crippen molar-refractivity contribution in [1.29, 1.82) is 0 Å². The number of para-hydroxylation sites is 1. The van der Waals surface area contributed by atoms with E-state index in [0.29, 0.717) is 11.4 Å². The molecule has 0 unspecified atom stereocenters. The standard InChI is InChI=1S/C17H18N2O2/c1-19(14-5-3-2-4-6-14)15-8-7-13(18)11-16(15)21-17(12-20)9-10-17/h2-8,11-12H,9-10,18H2,1H3. The van der Waals surface area contributed by atoms with Crippen molar-refractivity contribution >= 4 is 23.3 Å². The summed E-state index contributed by atoms with van der Waals surface area (Å²) in [5.41, 5.74) is 7.77. The van der Waals surface area contributed by atoms with Gasteiger partial charge < -0.3 is 15.4 Å². The topological polar surface area (TPSA) is 55.6 Å². The Kier molecular flexibility index (Phi) is 3.29. The number of benzene rings is 2. The van der Waals surface area contributed by atoms with Crippen molar-refractivity contribution in [2.45, 2.75) is 18.4 Å². The molecular weight excluding hydrogens is 264 g/mol. The smallest absolute Gasteiger partial charge is 0.164 e. The zero-order valence-corrected chi connectivity index (χ0v) is 12.0. The number of ether oxygens (including phenoxy) is 1. The number of carbonyl (C=O) groups is 1. The number of carbonyl (C=O) groups excluding carboxylic acids is 1. The minimum atomic E-state index is -0.653. The fourth-order valence-electron chi connectivity index (χ4n) is 2.27. The fraction of sp³-hybridized carbons (Fsp3) is 0.235. The zero-order valence-electron chi connectivity index (χ0n) is 12.0. The van der Waals surface area contributed by atoms with Crippen LogP contribution in [-0.4, -0.2) is 18.9 Å². The molecule has 1 saturated carbocycles. The molecule has 3 rings (SSSR count). The molecule has 0 bridgehead atoms.